The summed E-state index contributed by atoms with van der Waals surface area (Å²) >= 11 is 0. The zero-order chi connectivity index (χ0) is 18.4. The second kappa shape index (κ2) is 8.48. The van der Waals surface area contributed by atoms with Crippen LogP contribution in [0, 0.1) is 0 Å². The van der Waals surface area contributed by atoms with Gasteiger partial charge < -0.3 is 9.84 Å². The molecule has 3 aromatic rings. The summed E-state index contributed by atoms with van der Waals surface area (Å²) in [5.41, 5.74) is 3.15. The summed E-state index contributed by atoms with van der Waals surface area (Å²) in [5, 5.41) is 9.34. The third kappa shape index (κ3) is 5.06. The number of hydrogen-bond acceptors (Lipinski definition) is 4. The predicted molar refractivity (Wildman–Crippen MR) is 103 cm³/mol. The van der Waals surface area contributed by atoms with Crippen LogP contribution < -0.4 is 4.74 Å². The van der Waals surface area contributed by atoms with Gasteiger partial charge in [0.15, 0.2) is 0 Å². The van der Waals surface area contributed by atoms with E-state index in [0.29, 0.717) is 5.75 Å². The number of phenolic OH excluding ortho intramolecular Hbond substituents is 1. The Morgan fingerprint density at radius 3 is 2.58 bits per heavy atom. The average molecular weight is 348 g/mol. The molecule has 0 radical (unpaired) electrons. The van der Waals surface area contributed by atoms with Crippen LogP contribution in [0.4, 0.5) is 0 Å². The molecule has 0 amide bonds. The van der Waals surface area contributed by atoms with Gasteiger partial charge in [0, 0.05) is 18.2 Å². The second-order valence-corrected chi connectivity index (χ2v) is 6.57. The van der Waals surface area contributed by atoms with Crippen molar-refractivity contribution in [2.24, 2.45) is 0 Å². The van der Waals surface area contributed by atoms with E-state index in [2.05, 4.69) is 4.98 Å². The first-order valence-corrected chi connectivity index (χ1v) is 8.97. The Hall–Kier alpha value is -2.88. The van der Waals surface area contributed by atoms with Crippen molar-refractivity contribution in [1.82, 2.24) is 9.97 Å². The van der Waals surface area contributed by atoms with E-state index in [-0.39, 0.29) is 6.10 Å². The molecule has 0 spiro atoms. The first-order valence-electron chi connectivity index (χ1n) is 8.97. The van der Waals surface area contributed by atoms with Gasteiger partial charge in [-0.25, -0.2) is 9.97 Å². The lowest BCUT2D eigenvalue weighted by Crippen LogP contribution is -2.05. The Labute approximate surface area is 154 Å². The number of phenols is 1. The van der Waals surface area contributed by atoms with Crippen LogP contribution in [0.5, 0.6) is 11.5 Å². The number of aromatic nitrogens is 2. The Balaban J connectivity index is 1.65. The van der Waals surface area contributed by atoms with Crippen molar-refractivity contribution in [2.45, 2.75) is 39.2 Å². The summed E-state index contributed by atoms with van der Waals surface area (Å²) < 4.78 is 5.77. The molecule has 1 aromatic heterocycles. The van der Waals surface area contributed by atoms with Gasteiger partial charge in [0.1, 0.15) is 17.3 Å². The monoisotopic (exact) mass is 348 g/mol. The zero-order valence-electron chi connectivity index (χ0n) is 15.2. The molecule has 0 atom stereocenters. The third-order valence-electron chi connectivity index (χ3n) is 4.01. The van der Waals surface area contributed by atoms with Crippen molar-refractivity contribution in [3.05, 3.63) is 72.2 Å². The van der Waals surface area contributed by atoms with Crippen LogP contribution in [0.15, 0.2) is 60.8 Å². The molecule has 0 fully saturated rings. The standard InChI is InChI=1S/C22H24N2O2/c1-16(2)26-20-7-4-6-18(15-20)21-13-14-23-22(24-21)8-3-5-17-9-11-19(25)12-10-17/h4,6-7,9-16,25H,3,5,8H2,1-2H3. The minimum atomic E-state index is 0.145. The van der Waals surface area contributed by atoms with E-state index < -0.39 is 0 Å². The molecule has 4 heteroatoms. The molecule has 2 aromatic carbocycles. The Morgan fingerprint density at radius 1 is 1.00 bits per heavy atom. The summed E-state index contributed by atoms with van der Waals surface area (Å²) in [6.45, 7) is 4.03. The molecular formula is C22H24N2O2. The quantitative estimate of drug-likeness (QED) is 0.665. The van der Waals surface area contributed by atoms with Gasteiger partial charge in [0.25, 0.3) is 0 Å². The van der Waals surface area contributed by atoms with E-state index in [4.69, 9.17) is 9.72 Å². The van der Waals surface area contributed by atoms with Gasteiger partial charge in [-0.3, -0.25) is 0 Å². The summed E-state index contributed by atoms with van der Waals surface area (Å²) in [7, 11) is 0. The largest absolute Gasteiger partial charge is 0.508 e. The van der Waals surface area contributed by atoms with Crippen LogP contribution in [0.2, 0.25) is 0 Å². The molecule has 0 saturated carbocycles. The van der Waals surface area contributed by atoms with E-state index in [1.54, 1.807) is 12.1 Å². The Kier molecular flexibility index (Phi) is 5.84. The van der Waals surface area contributed by atoms with Gasteiger partial charge in [-0.15, -0.1) is 0 Å². The average Bonchev–Trinajstić information content (AvgIpc) is 2.63. The minimum absolute atomic E-state index is 0.145. The van der Waals surface area contributed by atoms with Gasteiger partial charge in [-0.05, 0) is 62.6 Å². The molecule has 134 valence electrons. The number of aryl methyl sites for hydroxylation is 2. The molecule has 0 bridgehead atoms. The maximum absolute atomic E-state index is 9.34. The van der Waals surface area contributed by atoms with Crippen LogP contribution in [0.1, 0.15) is 31.7 Å². The van der Waals surface area contributed by atoms with Crippen LogP contribution in [-0.4, -0.2) is 21.2 Å². The highest BCUT2D eigenvalue weighted by molar-refractivity contribution is 5.60. The van der Waals surface area contributed by atoms with Crippen molar-refractivity contribution in [2.75, 3.05) is 0 Å². The first kappa shape index (κ1) is 17.9. The van der Waals surface area contributed by atoms with Gasteiger partial charge in [-0.2, -0.15) is 0 Å². The van der Waals surface area contributed by atoms with Crippen LogP contribution in [-0.2, 0) is 12.8 Å². The normalized spacial score (nSPS) is 10.9. The first-order chi connectivity index (χ1) is 12.6. The lowest BCUT2D eigenvalue weighted by Gasteiger charge is -2.11. The summed E-state index contributed by atoms with van der Waals surface area (Å²) in [6.07, 6.45) is 4.67. The summed E-state index contributed by atoms with van der Waals surface area (Å²) in [4.78, 5) is 9.10. The van der Waals surface area contributed by atoms with E-state index in [1.807, 2.05) is 62.5 Å². The maximum Gasteiger partial charge on any atom is 0.128 e. The zero-order valence-corrected chi connectivity index (χ0v) is 15.2. The van der Waals surface area contributed by atoms with Crippen molar-refractivity contribution in [3.8, 4) is 22.8 Å². The minimum Gasteiger partial charge on any atom is -0.508 e. The summed E-state index contributed by atoms with van der Waals surface area (Å²) in [5.74, 6) is 2.00. The number of rotatable bonds is 7. The van der Waals surface area contributed by atoms with Gasteiger partial charge in [0.2, 0.25) is 0 Å². The fourth-order valence-corrected chi connectivity index (χ4v) is 2.79. The molecular weight excluding hydrogens is 324 g/mol. The number of aromatic hydroxyl groups is 1. The Morgan fingerprint density at radius 2 is 1.81 bits per heavy atom. The highest BCUT2D eigenvalue weighted by Gasteiger charge is 2.05. The maximum atomic E-state index is 9.34. The molecule has 26 heavy (non-hydrogen) atoms. The van der Waals surface area contributed by atoms with Crippen molar-refractivity contribution in [1.29, 1.82) is 0 Å². The molecule has 0 aliphatic heterocycles. The highest BCUT2D eigenvalue weighted by Crippen LogP contribution is 2.23. The van der Waals surface area contributed by atoms with E-state index in [9.17, 15) is 5.11 Å². The molecule has 0 aliphatic rings. The highest BCUT2D eigenvalue weighted by atomic mass is 16.5. The van der Waals surface area contributed by atoms with Crippen molar-refractivity contribution < 1.29 is 9.84 Å². The molecule has 1 N–H and O–H groups in total. The molecule has 0 unspecified atom stereocenters. The number of hydrogen-bond donors (Lipinski definition) is 1. The van der Waals surface area contributed by atoms with Gasteiger partial charge in [-0.1, -0.05) is 24.3 Å². The number of ether oxygens (including phenoxy) is 1. The summed E-state index contributed by atoms with van der Waals surface area (Å²) in [6, 6.07) is 17.3. The second-order valence-electron chi connectivity index (χ2n) is 6.57. The fourth-order valence-electron chi connectivity index (χ4n) is 2.79. The lowest BCUT2D eigenvalue weighted by molar-refractivity contribution is 0.242. The predicted octanol–water partition coefficient (Wildman–Crippen LogP) is 4.81. The smallest absolute Gasteiger partial charge is 0.128 e. The Bertz CT molecular complexity index is 845. The third-order valence-corrected chi connectivity index (χ3v) is 4.01. The molecule has 0 saturated heterocycles. The topological polar surface area (TPSA) is 55.2 Å². The van der Waals surface area contributed by atoms with E-state index in [1.165, 1.54) is 5.56 Å². The van der Waals surface area contributed by atoms with Crippen LogP contribution in [0.3, 0.4) is 0 Å². The van der Waals surface area contributed by atoms with Crippen LogP contribution >= 0.6 is 0 Å². The molecule has 4 nitrogen and oxygen atoms in total. The molecule has 0 aliphatic carbocycles. The lowest BCUT2D eigenvalue weighted by atomic mass is 10.1. The van der Waals surface area contributed by atoms with Crippen molar-refractivity contribution >= 4 is 0 Å². The number of benzene rings is 2. The van der Waals surface area contributed by atoms with Gasteiger partial charge in [0.05, 0.1) is 11.8 Å². The van der Waals surface area contributed by atoms with E-state index in [0.717, 1.165) is 42.1 Å². The van der Waals surface area contributed by atoms with Gasteiger partial charge >= 0.3 is 0 Å². The fraction of sp³-hybridized carbons (Fsp3) is 0.273. The van der Waals surface area contributed by atoms with E-state index >= 15 is 0 Å². The van der Waals surface area contributed by atoms with Crippen LogP contribution in [0.25, 0.3) is 11.3 Å². The molecule has 3 rings (SSSR count). The number of nitrogens with zero attached hydrogens (tertiary/aromatic N) is 2. The SMILES string of the molecule is CC(C)Oc1cccc(-c2ccnc(CCCc3ccc(O)cc3)n2)c1. The van der Waals surface area contributed by atoms with Crippen molar-refractivity contribution in [3.63, 3.8) is 0 Å². The molecule has 1 heterocycles.